The van der Waals surface area contributed by atoms with E-state index < -0.39 is 23.6 Å². The van der Waals surface area contributed by atoms with Gasteiger partial charge in [-0.2, -0.15) is 0 Å². The van der Waals surface area contributed by atoms with Crippen molar-refractivity contribution < 1.29 is 19.1 Å². The number of likely N-dealkylation sites (N-methyl/N-ethyl adjacent to an activating group) is 1. The van der Waals surface area contributed by atoms with E-state index >= 15 is 0 Å². The maximum atomic E-state index is 12.5. The van der Waals surface area contributed by atoms with Gasteiger partial charge in [0, 0.05) is 19.3 Å². The summed E-state index contributed by atoms with van der Waals surface area (Å²) in [4.78, 5) is 46.7. The molecule has 0 aliphatic heterocycles. The molecule has 1 aromatic carbocycles. The molecule has 0 aliphatic carbocycles. The van der Waals surface area contributed by atoms with E-state index in [0.717, 1.165) is 17.0 Å². The summed E-state index contributed by atoms with van der Waals surface area (Å²) < 4.78 is 5.31. The number of aryl methyl sites for hydroxylation is 2. The second-order valence-electron chi connectivity index (χ2n) is 9.30. The monoisotopic (exact) mass is 484 g/mol. The molecular weight excluding hydrogens is 448 g/mol. The number of primary amides is 1. The number of benzene rings is 1. The summed E-state index contributed by atoms with van der Waals surface area (Å²) in [5, 5.41) is 5.98. The van der Waals surface area contributed by atoms with Gasteiger partial charge in [0.1, 0.15) is 11.6 Å². The highest BCUT2D eigenvalue weighted by Gasteiger charge is 2.26. The number of hydrogen-bond donors (Lipinski definition) is 3. The predicted molar refractivity (Wildman–Crippen MR) is 135 cm³/mol. The minimum atomic E-state index is -0.682. The zero-order valence-corrected chi connectivity index (χ0v) is 21.6. The highest BCUT2D eigenvalue weighted by Crippen LogP contribution is 2.21. The molecule has 0 spiro atoms. The first-order valence-electron chi connectivity index (χ1n) is 11.6. The molecule has 10 nitrogen and oxygen atoms in total. The van der Waals surface area contributed by atoms with Crippen molar-refractivity contribution in [2.75, 3.05) is 18.9 Å². The first kappa shape index (κ1) is 27.6. The smallest absolute Gasteiger partial charge is 0.410 e. The van der Waals surface area contributed by atoms with Crippen LogP contribution in [0.25, 0.3) is 0 Å². The Bertz CT molecular complexity index is 1080. The lowest BCUT2D eigenvalue weighted by atomic mass is 10.1. The molecule has 10 heteroatoms. The third kappa shape index (κ3) is 7.94. The van der Waals surface area contributed by atoms with Gasteiger partial charge in [-0.3, -0.25) is 14.5 Å². The third-order valence-corrected chi connectivity index (χ3v) is 5.28. The maximum absolute atomic E-state index is 12.5. The van der Waals surface area contributed by atoms with Crippen molar-refractivity contribution in [1.82, 2.24) is 20.2 Å². The summed E-state index contributed by atoms with van der Waals surface area (Å²) in [6.45, 7) is 11.1. The SMILES string of the molecule is CCc1nc(C(N)=O)c(Nc2cccc(CCNC(=O)[C@H](C)N(C)C(=O)OC(C)(C)C)c2)nc1C. The molecule has 0 saturated carbocycles. The molecule has 2 rings (SSSR count). The molecule has 0 radical (unpaired) electrons. The Morgan fingerprint density at radius 3 is 2.49 bits per heavy atom. The Hall–Kier alpha value is -3.69. The highest BCUT2D eigenvalue weighted by atomic mass is 16.6. The third-order valence-electron chi connectivity index (χ3n) is 5.28. The number of rotatable bonds is 9. The van der Waals surface area contributed by atoms with Crippen LogP contribution in [0, 0.1) is 6.92 Å². The summed E-state index contributed by atoms with van der Waals surface area (Å²) in [5.41, 5.74) is 8.08. The molecule has 35 heavy (non-hydrogen) atoms. The Kier molecular flexibility index (Phi) is 9.16. The Morgan fingerprint density at radius 2 is 1.89 bits per heavy atom. The van der Waals surface area contributed by atoms with E-state index in [-0.39, 0.29) is 11.6 Å². The van der Waals surface area contributed by atoms with Crippen LogP contribution >= 0.6 is 0 Å². The second-order valence-corrected chi connectivity index (χ2v) is 9.30. The zero-order valence-electron chi connectivity index (χ0n) is 21.6. The van der Waals surface area contributed by atoms with Crippen molar-refractivity contribution in [3.8, 4) is 0 Å². The number of nitrogens with zero attached hydrogens (tertiary/aromatic N) is 3. The fourth-order valence-corrected chi connectivity index (χ4v) is 3.23. The summed E-state index contributed by atoms with van der Waals surface area (Å²) in [6.07, 6.45) is 0.651. The van der Waals surface area contributed by atoms with Gasteiger partial charge in [-0.15, -0.1) is 0 Å². The van der Waals surface area contributed by atoms with E-state index in [1.165, 1.54) is 11.9 Å². The number of anilines is 2. The van der Waals surface area contributed by atoms with Crippen LogP contribution in [-0.4, -0.2) is 58.0 Å². The fraction of sp³-hybridized carbons (Fsp3) is 0.480. The van der Waals surface area contributed by atoms with Crippen LogP contribution < -0.4 is 16.4 Å². The van der Waals surface area contributed by atoms with Crippen molar-refractivity contribution in [2.24, 2.45) is 5.73 Å². The molecule has 0 unspecified atom stereocenters. The van der Waals surface area contributed by atoms with Gasteiger partial charge in [0.25, 0.3) is 5.91 Å². The van der Waals surface area contributed by atoms with E-state index in [2.05, 4.69) is 20.6 Å². The lowest BCUT2D eigenvalue weighted by Crippen LogP contribution is -2.47. The number of carbonyl (C=O) groups excluding carboxylic acids is 3. The van der Waals surface area contributed by atoms with Gasteiger partial charge in [0.2, 0.25) is 5.91 Å². The summed E-state index contributed by atoms with van der Waals surface area (Å²) in [5.74, 6) is -0.629. The largest absolute Gasteiger partial charge is 0.444 e. The van der Waals surface area contributed by atoms with E-state index in [4.69, 9.17) is 10.5 Å². The number of nitrogens with two attached hydrogens (primary N) is 1. The molecule has 0 bridgehead atoms. The standard InChI is InChI=1S/C25H36N6O4/c1-8-19-15(2)28-22(20(30-19)21(26)32)29-18-11-9-10-17(14-18)12-13-27-23(33)16(3)31(7)24(34)35-25(4,5)6/h9-11,14,16H,8,12-13H2,1-7H3,(H2,26,32)(H,27,33)(H,28,29)/t16-/m0/s1. The van der Waals surface area contributed by atoms with Crippen molar-refractivity contribution in [1.29, 1.82) is 0 Å². The molecule has 1 aromatic heterocycles. The highest BCUT2D eigenvalue weighted by molar-refractivity contribution is 5.96. The Balaban J connectivity index is 2.00. The summed E-state index contributed by atoms with van der Waals surface area (Å²) >= 11 is 0. The van der Waals surface area contributed by atoms with Crippen LogP contribution in [0.4, 0.5) is 16.3 Å². The molecule has 1 atom stereocenters. The Morgan fingerprint density at radius 1 is 1.20 bits per heavy atom. The van der Waals surface area contributed by atoms with Gasteiger partial charge >= 0.3 is 6.09 Å². The summed E-state index contributed by atoms with van der Waals surface area (Å²) in [6, 6.07) is 6.86. The minimum absolute atomic E-state index is 0.0909. The van der Waals surface area contributed by atoms with Gasteiger partial charge in [-0.1, -0.05) is 19.1 Å². The Labute approximate surface area is 206 Å². The van der Waals surface area contributed by atoms with E-state index in [1.807, 2.05) is 38.1 Å². The first-order chi connectivity index (χ1) is 16.3. The molecule has 0 saturated heterocycles. The van der Waals surface area contributed by atoms with Crippen LogP contribution in [0.2, 0.25) is 0 Å². The van der Waals surface area contributed by atoms with Gasteiger partial charge in [-0.25, -0.2) is 14.8 Å². The van der Waals surface area contributed by atoms with Crippen molar-refractivity contribution >= 4 is 29.4 Å². The number of ether oxygens (including phenoxy) is 1. The quantitative estimate of drug-likeness (QED) is 0.497. The van der Waals surface area contributed by atoms with E-state index in [9.17, 15) is 14.4 Å². The van der Waals surface area contributed by atoms with Crippen LogP contribution in [-0.2, 0) is 22.4 Å². The maximum Gasteiger partial charge on any atom is 0.410 e. The molecule has 0 fully saturated rings. The zero-order chi connectivity index (χ0) is 26.3. The summed E-state index contributed by atoms with van der Waals surface area (Å²) in [7, 11) is 1.53. The van der Waals surface area contributed by atoms with Crippen LogP contribution in [0.5, 0.6) is 0 Å². The molecule has 2 aromatic rings. The average molecular weight is 485 g/mol. The molecule has 1 heterocycles. The van der Waals surface area contributed by atoms with Crippen LogP contribution in [0.15, 0.2) is 24.3 Å². The number of aromatic nitrogens is 2. The lowest BCUT2D eigenvalue weighted by Gasteiger charge is -2.28. The molecule has 4 N–H and O–H groups in total. The first-order valence-corrected chi connectivity index (χ1v) is 11.6. The van der Waals surface area contributed by atoms with E-state index in [1.54, 1.807) is 27.7 Å². The lowest BCUT2D eigenvalue weighted by molar-refractivity contribution is -0.125. The minimum Gasteiger partial charge on any atom is -0.444 e. The van der Waals surface area contributed by atoms with Gasteiger partial charge in [-0.05, 0) is 65.2 Å². The fourth-order valence-electron chi connectivity index (χ4n) is 3.23. The van der Waals surface area contributed by atoms with Crippen molar-refractivity contribution in [3.63, 3.8) is 0 Å². The van der Waals surface area contributed by atoms with Crippen molar-refractivity contribution in [2.45, 2.75) is 66.0 Å². The number of nitrogens with one attached hydrogen (secondary N) is 2. The average Bonchev–Trinajstić information content (AvgIpc) is 2.77. The van der Waals surface area contributed by atoms with Gasteiger partial charge in [0.05, 0.1) is 11.4 Å². The van der Waals surface area contributed by atoms with Crippen LogP contribution in [0.1, 0.15) is 62.1 Å². The van der Waals surface area contributed by atoms with Crippen molar-refractivity contribution in [3.05, 3.63) is 46.9 Å². The predicted octanol–water partition coefficient (Wildman–Crippen LogP) is 3.10. The van der Waals surface area contributed by atoms with Crippen LogP contribution in [0.3, 0.4) is 0 Å². The molecular formula is C25H36N6O4. The number of carbonyl (C=O) groups is 3. The topological polar surface area (TPSA) is 140 Å². The molecule has 190 valence electrons. The van der Waals surface area contributed by atoms with Gasteiger partial charge < -0.3 is 21.1 Å². The number of hydrogen-bond acceptors (Lipinski definition) is 7. The number of amides is 3. The normalized spacial score (nSPS) is 12.0. The molecule has 0 aliphatic rings. The van der Waals surface area contributed by atoms with E-state index in [0.29, 0.717) is 30.9 Å². The second kappa shape index (κ2) is 11.6. The molecule has 3 amide bonds. The van der Waals surface area contributed by atoms with Gasteiger partial charge in [0.15, 0.2) is 11.5 Å².